The van der Waals surface area contributed by atoms with Gasteiger partial charge >= 0.3 is 0 Å². The third kappa shape index (κ3) is 7.42. The molecule has 0 saturated heterocycles. The quantitative estimate of drug-likeness (QED) is 0.537. The molecule has 31 heavy (non-hydrogen) atoms. The predicted octanol–water partition coefficient (Wildman–Crippen LogP) is 5.34. The minimum atomic E-state index is -0.489. The molecule has 1 unspecified atom stereocenters. The van der Waals surface area contributed by atoms with Crippen molar-refractivity contribution in [3.05, 3.63) is 65.7 Å². The van der Waals surface area contributed by atoms with E-state index in [-0.39, 0.29) is 17.9 Å². The van der Waals surface area contributed by atoms with Crippen LogP contribution in [0, 0.1) is 6.92 Å². The minimum absolute atomic E-state index is 0.0243. The van der Waals surface area contributed by atoms with E-state index < -0.39 is 6.04 Å². The van der Waals surface area contributed by atoms with E-state index in [1.54, 1.807) is 16.7 Å². The number of nitrogens with one attached hydrogen (secondary N) is 1. The topological polar surface area (TPSA) is 49.4 Å². The molecule has 1 saturated carbocycles. The van der Waals surface area contributed by atoms with Crippen LogP contribution in [0.25, 0.3) is 0 Å². The van der Waals surface area contributed by atoms with Gasteiger partial charge in [-0.05, 0) is 44.4 Å². The summed E-state index contributed by atoms with van der Waals surface area (Å²) in [5, 5.41) is 3.20. The van der Waals surface area contributed by atoms with E-state index in [2.05, 4.69) is 23.5 Å². The fraction of sp³-hybridized carbons (Fsp3) is 0.462. The van der Waals surface area contributed by atoms with Crippen molar-refractivity contribution in [1.82, 2.24) is 10.2 Å². The molecule has 0 spiro atoms. The predicted molar refractivity (Wildman–Crippen MR) is 128 cm³/mol. The lowest BCUT2D eigenvalue weighted by Gasteiger charge is -2.31. The first-order valence-electron chi connectivity index (χ1n) is 11.4. The standard InChI is InChI=1S/C26H34N2O2S/c1-20-10-9-11-22(18-20)19-28(21(2)26(30)27-23-12-5-3-6-13-23)25(29)16-17-31-24-14-7-4-8-15-24/h4,7-11,14-15,18,21,23H,3,5-6,12-13,16-17,19H2,1-2H3,(H,27,30). The Morgan fingerprint density at radius 3 is 2.52 bits per heavy atom. The molecule has 4 nitrogen and oxygen atoms in total. The fourth-order valence-electron chi connectivity index (χ4n) is 4.08. The SMILES string of the molecule is Cc1cccc(CN(C(=O)CCSc2ccccc2)C(C)C(=O)NC2CCCCC2)c1. The molecule has 3 rings (SSSR count). The molecule has 2 aromatic rings. The van der Waals surface area contributed by atoms with Crippen LogP contribution in [0.2, 0.25) is 0 Å². The summed E-state index contributed by atoms with van der Waals surface area (Å²) in [6.45, 7) is 4.36. The Kier molecular flexibility index (Phi) is 9.01. The Balaban J connectivity index is 1.65. The number of benzene rings is 2. The van der Waals surface area contributed by atoms with Crippen LogP contribution in [0.3, 0.4) is 0 Å². The number of carbonyl (C=O) groups is 2. The number of aryl methyl sites for hydroxylation is 1. The van der Waals surface area contributed by atoms with Crippen LogP contribution < -0.4 is 5.32 Å². The molecule has 5 heteroatoms. The van der Waals surface area contributed by atoms with E-state index in [9.17, 15) is 9.59 Å². The van der Waals surface area contributed by atoms with Crippen LogP contribution in [0.5, 0.6) is 0 Å². The highest BCUT2D eigenvalue weighted by molar-refractivity contribution is 7.99. The fourth-order valence-corrected chi connectivity index (χ4v) is 4.94. The van der Waals surface area contributed by atoms with Crippen LogP contribution in [0.4, 0.5) is 0 Å². The van der Waals surface area contributed by atoms with Gasteiger partial charge in [-0.15, -0.1) is 11.8 Å². The van der Waals surface area contributed by atoms with Crippen molar-refractivity contribution in [2.24, 2.45) is 0 Å². The van der Waals surface area contributed by atoms with Crippen LogP contribution in [-0.4, -0.2) is 34.6 Å². The highest BCUT2D eigenvalue weighted by atomic mass is 32.2. The first kappa shape index (κ1) is 23.4. The van der Waals surface area contributed by atoms with Crippen molar-refractivity contribution in [2.75, 3.05) is 5.75 Å². The van der Waals surface area contributed by atoms with Crippen molar-refractivity contribution in [1.29, 1.82) is 0 Å². The molecule has 0 aliphatic heterocycles. The van der Waals surface area contributed by atoms with Crippen LogP contribution in [0.15, 0.2) is 59.5 Å². The molecule has 2 aromatic carbocycles. The highest BCUT2D eigenvalue weighted by Crippen LogP contribution is 2.21. The summed E-state index contributed by atoms with van der Waals surface area (Å²) in [4.78, 5) is 29.1. The maximum absolute atomic E-state index is 13.2. The molecule has 1 N–H and O–H groups in total. The summed E-state index contributed by atoms with van der Waals surface area (Å²) in [6, 6.07) is 18.0. The molecule has 1 aliphatic carbocycles. The molecular formula is C26H34N2O2S. The van der Waals surface area contributed by atoms with Gasteiger partial charge in [0.2, 0.25) is 11.8 Å². The zero-order chi connectivity index (χ0) is 22.1. The summed E-state index contributed by atoms with van der Waals surface area (Å²) in [6.07, 6.45) is 6.07. The Morgan fingerprint density at radius 2 is 1.81 bits per heavy atom. The van der Waals surface area contributed by atoms with E-state index in [0.29, 0.717) is 18.7 Å². The molecule has 1 fully saturated rings. The smallest absolute Gasteiger partial charge is 0.242 e. The summed E-state index contributed by atoms with van der Waals surface area (Å²) in [5.41, 5.74) is 2.21. The van der Waals surface area contributed by atoms with Gasteiger partial charge in [0, 0.05) is 29.7 Å². The molecule has 0 radical (unpaired) electrons. The lowest BCUT2D eigenvalue weighted by Crippen LogP contribution is -2.50. The molecule has 166 valence electrons. The number of rotatable bonds is 9. The van der Waals surface area contributed by atoms with E-state index in [0.717, 1.165) is 28.9 Å². The van der Waals surface area contributed by atoms with Gasteiger partial charge in [0.1, 0.15) is 6.04 Å². The Hall–Kier alpha value is -2.27. The maximum Gasteiger partial charge on any atom is 0.242 e. The van der Waals surface area contributed by atoms with Gasteiger partial charge < -0.3 is 10.2 Å². The molecule has 1 atom stereocenters. The van der Waals surface area contributed by atoms with E-state index in [1.807, 2.05) is 50.2 Å². The average Bonchev–Trinajstić information content (AvgIpc) is 2.78. The monoisotopic (exact) mass is 438 g/mol. The molecule has 1 aliphatic rings. The van der Waals surface area contributed by atoms with Gasteiger partial charge in [0.15, 0.2) is 0 Å². The van der Waals surface area contributed by atoms with E-state index in [1.165, 1.54) is 19.3 Å². The molecule has 2 amide bonds. The van der Waals surface area contributed by atoms with Gasteiger partial charge in [0.05, 0.1) is 0 Å². The second-order valence-electron chi connectivity index (χ2n) is 8.44. The van der Waals surface area contributed by atoms with Gasteiger partial charge in [-0.2, -0.15) is 0 Å². The normalized spacial score (nSPS) is 15.3. The number of amides is 2. The van der Waals surface area contributed by atoms with Gasteiger partial charge in [-0.25, -0.2) is 0 Å². The Morgan fingerprint density at radius 1 is 1.06 bits per heavy atom. The number of hydrogen-bond donors (Lipinski definition) is 1. The second kappa shape index (κ2) is 11.9. The Labute approximate surface area is 190 Å². The molecule has 0 aromatic heterocycles. The van der Waals surface area contributed by atoms with Crippen LogP contribution in [0.1, 0.15) is 56.6 Å². The summed E-state index contributed by atoms with van der Waals surface area (Å²) < 4.78 is 0. The van der Waals surface area contributed by atoms with Crippen molar-refractivity contribution < 1.29 is 9.59 Å². The highest BCUT2D eigenvalue weighted by Gasteiger charge is 2.27. The van der Waals surface area contributed by atoms with E-state index in [4.69, 9.17) is 0 Å². The second-order valence-corrected chi connectivity index (χ2v) is 9.61. The third-order valence-corrected chi connectivity index (χ3v) is 6.90. The third-order valence-electron chi connectivity index (χ3n) is 5.88. The van der Waals surface area contributed by atoms with Gasteiger partial charge in [-0.1, -0.05) is 67.3 Å². The number of carbonyl (C=O) groups excluding carboxylic acids is 2. The Bertz CT molecular complexity index is 849. The summed E-state index contributed by atoms with van der Waals surface area (Å²) in [7, 11) is 0. The zero-order valence-electron chi connectivity index (χ0n) is 18.7. The molecular weight excluding hydrogens is 404 g/mol. The van der Waals surface area contributed by atoms with Crippen molar-refractivity contribution in [3.8, 4) is 0 Å². The maximum atomic E-state index is 13.2. The van der Waals surface area contributed by atoms with Crippen molar-refractivity contribution in [2.45, 2.75) is 75.9 Å². The summed E-state index contributed by atoms with van der Waals surface area (Å²) >= 11 is 1.68. The van der Waals surface area contributed by atoms with Gasteiger partial charge in [0.25, 0.3) is 0 Å². The first-order chi connectivity index (χ1) is 15.0. The lowest BCUT2D eigenvalue weighted by atomic mass is 9.95. The lowest BCUT2D eigenvalue weighted by molar-refractivity contribution is -0.140. The number of nitrogens with zero attached hydrogens (tertiary/aromatic N) is 1. The van der Waals surface area contributed by atoms with Crippen molar-refractivity contribution in [3.63, 3.8) is 0 Å². The van der Waals surface area contributed by atoms with Crippen molar-refractivity contribution >= 4 is 23.6 Å². The number of hydrogen-bond acceptors (Lipinski definition) is 3. The van der Waals surface area contributed by atoms with E-state index >= 15 is 0 Å². The number of thioether (sulfide) groups is 1. The van der Waals surface area contributed by atoms with Gasteiger partial charge in [-0.3, -0.25) is 9.59 Å². The largest absolute Gasteiger partial charge is 0.352 e. The molecule has 0 bridgehead atoms. The molecule has 0 heterocycles. The minimum Gasteiger partial charge on any atom is -0.352 e. The average molecular weight is 439 g/mol. The van der Waals surface area contributed by atoms with Crippen LogP contribution in [-0.2, 0) is 16.1 Å². The summed E-state index contributed by atoms with van der Waals surface area (Å²) in [5.74, 6) is 0.685. The first-order valence-corrected chi connectivity index (χ1v) is 12.3. The van der Waals surface area contributed by atoms with Crippen LogP contribution >= 0.6 is 11.8 Å². The zero-order valence-corrected chi connectivity index (χ0v) is 19.5.